The average molecular weight is 411 g/mol. The van der Waals surface area contributed by atoms with Crippen LogP contribution in [0.25, 0.3) is 0 Å². The maximum Gasteiger partial charge on any atom is 0.252 e. The van der Waals surface area contributed by atoms with Crippen LogP contribution in [0, 0.1) is 11.8 Å². The molecule has 0 aromatic heterocycles. The molecule has 2 aromatic carbocycles. The number of anilines is 1. The molecule has 0 aliphatic rings. The molecule has 0 unspecified atom stereocenters. The zero-order valence-corrected chi connectivity index (χ0v) is 18.4. The Kier molecular flexibility index (Phi) is 8.89. The van der Waals surface area contributed by atoms with Crippen molar-refractivity contribution in [2.45, 2.75) is 20.8 Å². The van der Waals surface area contributed by atoms with Crippen LogP contribution in [0.3, 0.4) is 0 Å². The summed E-state index contributed by atoms with van der Waals surface area (Å²) in [4.78, 5) is 14.7. The summed E-state index contributed by atoms with van der Waals surface area (Å²) in [5, 5.41) is 2.82. The molecule has 0 spiro atoms. The van der Waals surface area contributed by atoms with Crippen molar-refractivity contribution in [3.05, 3.63) is 47.5 Å². The minimum absolute atomic E-state index is 0.232. The van der Waals surface area contributed by atoms with Gasteiger partial charge in [-0.1, -0.05) is 11.8 Å². The molecule has 0 atom stereocenters. The van der Waals surface area contributed by atoms with Gasteiger partial charge in [-0.15, -0.1) is 0 Å². The van der Waals surface area contributed by atoms with Gasteiger partial charge >= 0.3 is 0 Å². The summed E-state index contributed by atoms with van der Waals surface area (Å²) in [5.41, 5.74) is 2.44. The first-order valence-electron chi connectivity index (χ1n) is 10.1. The summed E-state index contributed by atoms with van der Waals surface area (Å²) in [6.07, 6.45) is 0. The topological polar surface area (TPSA) is 60.0 Å². The van der Waals surface area contributed by atoms with E-state index < -0.39 is 0 Å². The minimum atomic E-state index is -0.253. The summed E-state index contributed by atoms with van der Waals surface area (Å²) < 4.78 is 17.0. The zero-order valence-electron chi connectivity index (χ0n) is 18.4. The molecule has 2 rings (SSSR count). The van der Waals surface area contributed by atoms with E-state index in [0.717, 1.165) is 11.3 Å². The first-order chi connectivity index (χ1) is 14.5. The van der Waals surface area contributed by atoms with Gasteiger partial charge in [0, 0.05) is 30.9 Å². The van der Waals surface area contributed by atoms with Gasteiger partial charge in [-0.2, -0.15) is 0 Å². The standard InChI is InChI=1S/C24H30N2O4/c1-6-28-21-16-19(17-22(29-7-2)23(21)30-8-3)24(27)25-15-9-10-18-11-13-20(14-12-18)26(4)5/h11-14,16-17H,6-8,15H2,1-5H3,(H,25,27). The van der Waals surface area contributed by atoms with Gasteiger partial charge in [0.15, 0.2) is 11.5 Å². The van der Waals surface area contributed by atoms with Crippen molar-refractivity contribution in [1.82, 2.24) is 5.32 Å². The summed E-state index contributed by atoms with van der Waals surface area (Å²) in [5.74, 6) is 7.27. The second-order valence-corrected chi connectivity index (χ2v) is 6.53. The molecule has 160 valence electrons. The number of benzene rings is 2. The number of carbonyl (C=O) groups is 1. The van der Waals surface area contributed by atoms with E-state index in [9.17, 15) is 4.79 Å². The Morgan fingerprint density at radius 2 is 1.50 bits per heavy atom. The smallest absolute Gasteiger partial charge is 0.252 e. The summed E-state index contributed by atoms with van der Waals surface area (Å²) in [6.45, 7) is 7.25. The highest BCUT2D eigenvalue weighted by atomic mass is 16.5. The van der Waals surface area contributed by atoms with E-state index in [1.807, 2.05) is 64.0 Å². The normalized spacial score (nSPS) is 9.90. The van der Waals surface area contributed by atoms with E-state index >= 15 is 0 Å². The fourth-order valence-electron chi connectivity index (χ4n) is 2.74. The van der Waals surface area contributed by atoms with Crippen molar-refractivity contribution >= 4 is 11.6 Å². The lowest BCUT2D eigenvalue weighted by atomic mass is 10.1. The molecular formula is C24H30N2O4. The molecule has 1 amide bonds. The van der Waals surface area contributed by atoms with Crippen molar-refractivity contribution in [2.75, 3.05) is 45.4 Å². The lowest BCUT2D eigenvalue weighted by Crippen LogP contribution is -2.23. The first kappa shape index (κ1) is 23.0. The molecule has 0 bridgehead atoms. The van der Waals surface area contributed by atoms with Crippen LogP contribution in [0.4, 0.5) is 5.69 Å². The van der Waals surface area contributed by atoms with E-state index in [0.29, 0.717) is 42.6 Å². The van der Waals surface area contributed by atoms with Crippen molar-refractivity contribution in [3.63, 3.8) is 0 Å². The average Bonchev–Trinajstić information content (AvgIpc) is 2.73. The van der Waals surface area contributed by atoms with Crippen LogP contribution in [0.5, 0.6) is 17.2 Å². The van der Waals surface area contributed by atoms with Gasteiger partial charge in [0.05, 0.1) is 26.4 Å². The molecule has 0 radical (unpaired) electrons. The molecule has 6 heteroatoms. The van der Waals surface area contributed by atoms with Gasteiger partial charge in [-0.05, 0) is 57.2 Å². The SMILES string of the molecule is CCOc1cc(C(=O)NCC#Cc2ccc(N(C)C)cc2)cc(OCC)c1OCC. The van der Waals surface area contributed by atoms with Crippen LogP contribution >= 0.6 is 0 Å². The van der Waals surface area contributed by atoms with E-state index in [2.05, 4.69) is 17.2 Å². The van der Waals surface area contributed by atoms with E-state index in [1.165, 1.54) is 0 Å². The largest absolute Gasteiger partial charge is 0.490 e. The highest BCUT2D eigenvalue weighted by Gasteiger charge is 2.18. The van der Waals surface area contributed by atoms with Gasteiger partial charge in [0.25, 0.3) is 5.91 Å². The summed E-state index contributed by atoms with van der Waals surface area (Å²) >= 11 is 0. The molecule has 1 N–H and O–H groups in total. The summed E-state index contributed by atoms with van der Waals surface area (Å²) in [6, 6.07) is 11.3. The van der Waals surface area contributed by atoms with Crippen LogP contribution in [-0.4, -0.2) is 46.4 Å². The molecule has 0 aliphatic heterocycles. The third-order valence-electron chi connectivity index (χ3n) is 4.13. The maximum atomic E-state index is 12.6. The lowest BCUT2D eigenvalue weighted by Gasteiger charge is -2.16. The number of nitrogens with zero attached hydrogens (tertiary/aromatic N) is 1. The van der Waals surface area contributed by atoms with Gasteiger partial charge in [-0.25, -0.2) is 0 Å². The Morgan fingerprint density at radius 1 is 0.933 bits per heavy atom. The highest BCUT2D eigenvalue weighted by molar-refractivity contribution is 5.95. The Morgan fingerprint density at radius 3 is 2.00 bits per heavy atom. The number of rotatable bonds is 9. The van der Waals surface area contributed by atoms with Crippen molar-refractivity contribution in [1.29, 1.82) is 0 Å². The van der Waals surface area contributed by atoms with Gasteiger partial charge in [-0.3, -0.25) is 4.79 Å². The van der Waals surface area contributed by atoms with Crippen molar-refractivity contribution < 1.29 is 19.0 Å². The van der Waals surface area contributed by atoms with E-state index in [-0.39, 0.29) is 12.5 Å². The van der Waals surface area contributed by atoms with Crippen LogP contribution in [0.2, 0.25) is 0 Å². The third-order valence-corrected chi connectivity index (χ3v) is 4.13. The number of hydrogen-bond donors (Lipinski definition) is 1. The van der Waals surface area contributed by atoms with Gasteiger partial charge in [0.2, 0.25) is 5.75 Å². The fraction of sp³-hybridized carbons (Fsp3) is 0.375. The van der Waals surface area contributed by atoms with Crippen LogP contribution in [0.1, 0.15) is 36.7 Å². The fourth-order valence-corrected chi connectivity index (χ4v) is 2.74. The second-order valence-electron chi connectivity index (χ2n) is 6.53. The predicted molar refractivity (Wildman–Crippen MR) is 120 cm³/mol. The van der Waals surface area contributed by atoms with Crippen LogP contribution in [0.15, 0.2) is 36.4 Å². The number of hydrogen-bond acceptors (Lipinski definition) is 5. The highest BCUT2D eigenvalue weighted by Crippen LogP contribution is 2.39. The Hall–Kier alpha value is -3.33. The number of amides is 1. The zero-order chi connectivity index (χ0) is 21.9. The predicted octanol–water partition coefficient (Wildman–Crippen LogP) is 3.73. The first-order valence-corrected chi connectivity index (χ1v) is 10.1. The van der Waals surface area contributed by atoms with Crippen molar-refractivity contribution in [2.24, 2.45) is 0 Å². The number of carbonyl (C=O) groups excluding carboxylic acids is 1. The Balaban J connectivity index is 2.11. The maximum absolute atomic E-state index is 12.6. The van der Waals surface area contributed by atoms with Crippen LogP contribution < -0.4 is 24.4 Å². The van der Waals surface area contributed by atoms with Crippen LogP contribution in [-0.2, 0) is 0 Å². The molecular weight excluding hydrogens is 380 g/mol. The molecule has 2 aromatic rings. The molecule has 0 fully saturated rings. The number of ether oxygens (including phenoxy) is 3. The molecule has 0 saturated carbocycles. The lowest BCUT2D eigenvalue weighted by molar-refractivity contribution is 0.0957. The quantitative estimate of drug-likeness (QED) is 0.639. The molecule has 0 saturated heterocycles. The molecule has 0 aliphatic carbocycles. The Bertz CT molecular complexity index is 869. The summed E-state index contributed by atoms with van der Waals surface area (Å²) in [7, 11) is 3.98. The van der Waals surface area contributed by atoms with Gasteiger partial charge in [0.1, 0.15) is 0 Å². The molecule has 30 heavy (non-hydrogen) atoms. The Labute approximate surface area is 179 Å². The van der Waals surface area contributed by atoms with E-state index in [4.69, 9.17) is 14.2 Å². The monoisotopic (exact) mass is 410 g/mol. The third kappa shape index (κ3) is 6.35. The van der Waals surface area contributed by atoms with Gasteiger partial charge < -0.3 is 24.4 Å². The minimum Gasteiger partial charge on any atom is -0.490 e. The number of nitrogens with one attached hydrogen (secondary N) is 1. The molecule has 0 heterocycles. The molecule has 6 nitrogen and oxygen atoms in total. The van der Waals surface area contributed by atoms with Crippen molar-refractivity contribution in [3.8, 4) is 29.1 Å². The second kappa shape index (κ2) is 11.6. The van der Waals surface area contributed by atoms with E-state index in [1.54, 1.807) is 12.1 Å².